The molecule has 0 radical (unpaired) electrons. The number of nitrogens with zero attached hydrogens (tertiary/aromatic N) is 1. The molecule has 0 aliphatic carbocycles. The summed E-state index contributed by atoms with van der Waals surface area (Å²) in [6.07, 6.45) is 0.588. The van der Waals surface area contributed by atoms with E-state index in [1.807, 2.05) is 0 Å². The minimum Gasteiger partial charge on any atom is -0.479 e. The van der Waals surface area contributed by atoms with E-state index in [-0.39, 0.29) is 10.8 Å². The molecule has 1 unspecified atom stereocenters. The molecule has 0 aliphatic rings. The minimum absolute atomic E-state index is 0.0965. The maximum absolute atomic E-state index is 12.9. The first-order valence-electron chi connectivity index (χ1n) is 6.00. The highest BCUT2D eigenvalue weighted by Crippen LogP contribution is 2.26. The Labute approximate surface area is 130 Å². The van der Waals surface area contributed by atoms with Gasteiger partial charge in [0, 0.05) is 6.20 Å². The summed E-state index contributed by atoms with van der Waals surface area (Å²) in [7, 11) is 0. The van der Waals surface area contributed by atoms with Gasteiger partial charge in [0.2, 0.25) is 0 Å². The first kappa shape index (κ1) is 15.5. The first-order valence-corrected chi connectivity index (χ1v) is 6.75. The molecule has 0 saturated heterocycles. The highest BCUT2D eigenvalue weighted by molar-refractivity contribution is 6.32. The summed E-state index contributed by atoms with van der Waals surface area (Å²) in [6.45, 7) is 1.55. The fourth-order valence-corrected chi connectivity index (χ4v) is 1.82. The quantitative estimate of drug-likeness (QED) is 0.924. The predicted octanol–water partition coefficient (Wildman–Crippen LogP) is 3.93. The van der Waals surface area contributed by atoms with Crippen molar-refractivity contribution >= 4 is 34.9 Å². The second-order valence-electron chi connectivity index (χ2n) is 4.19. The molecule has 21 heavy (non-hydrogen) atoms. The van der Waals surface area contributed by atoms with Crippen LogP contribution in [0.4, 0.5) is 10.2 Å². The van der Waals surface area contributed by atoms with Crippen LogP contribution in [-0.2, 0) is 4.79 Å². The highest BCUT2D eigenvalue weighted by Gasteiger charge is 2.17. The molecule has 1 amide bonds. The van der Waals surface area contributed by atoms with E-state index < -0.39 is 17.8 Å². The maximum Gasteiger partial charge on any atom is 0.266 e. The standard InChI is InChI=1S/C14H11Cl2FN2O2/c1-8(21-12-4-3-10(17)6-11(12)16)14(20)19-13-5-2-9(15)7-18-13/h2-8H,1H3,(H,18,19,20). The van der Waals surface area contributed by atoms with Crippen molar-refractivity contribution in [3.8, 4) is 5.75 Å². The number of rotatable bonds is 4. The molecule has 4 nitrogen and oxygen atoms in total. The first-order chi connectivity index (χ1) is 9.95. The van der Waals surface area contributed by atoms with Crippen molar-refractivity contribution in [1.82, 2.24) is 4.98 Å². The molecule has 1 atom stereocenters. The van der Waals surface area contributed by atoms with Crippen LogP contribution in [0.2, 0.25) is 10.0 Å². The monoisotopic (exact) mass is 328 g/mol. The van der Waals surface area contributed by atoms with Gasteiger partial charge in [-0.05, 0) is 37.3 Å². The zero-order valence-corrected chi connectivity index (χ0v) is 12.5. The molecule has 1 N–H and O–H groups in total. The number of anilines is 1. The Bertz CT molecular complexity index is 650. The summed E-state index contributed by atoms with van der Waals surface area (Å²) in [6, 6.07) is 6.85. The maximum atomic E-state index is 12.9. The van der Waals surface area contributed by atoms with E-state index in [4.69, 9.17) is 27.9 Å². The molecule has 1 aromatic carbocycles. The van der Waals surface area contributed by atoms with Gasteiger partial charge in [0.15, 0.2) is 6.10 Å². The van der Waals surface area contributed by atoms with E-state index >= 15 is 0 Å². The number of carbonyl (C=O) groups is 1. The van der Waals surface area contributed by atoms with Crippen molar-refractivity contribution in [2.24, 2.45) is 0 Å². The van der Waals surface area contributed by atoms with Crippen LogP contribution in [0, 0.1) is 5.82 Å². The summed E-state index contributed by atoms with van der Waals surface area (Å²) >= 11 is 11.5. The van der Waals surface area contributed by atoms with Gasteiger partial charge in [-0.3, -0.25) is 4.79 Å². The molecule has 0 saturated carbocycles. The number of halogens is 3. The largest absolute Gasteiger partial charge is 0.479 e. The summed E-state index contributed by atoms with van der Waals surface area (Å²) in [4.78, 5) is 15.9. The fraction of sp³-hybridized carbons (Fsp3) is 0.143. The van der Waals surface area contributed by atoms with Crippen molar-refractivity contribution in [3.63, 3.8) is 0 Å². The van der Waals surface area contributed by atoms with Crippen LogP contribution < -0.4 is 10.1 Å². The minimum atomic E-state index is -0.828. The molecule has 2 aromatic rings. The Morgan fingerprint density at radius 2 is 2.10 bits per heavy atom. The van der Waals surface area contributed by atoms with Gasteiger partial charge in [0.05, 0.1) is 10.0 Å². The summed E-state index contributed by atoms with van der Waals surface area (Å²) < 4.78 is 18.3. The van der Waals surface area contributed by atoms with Gasteiger partial charge in [-0.15, -0.1) is 0 Å². The molecule has 110 valence electrons. The van der Waals surface area contributed by atoms with Gasteiger partial charge < -0.3 is 10.1 Å². The Morgan fingerprint density at radius 1 is 1.33 bits per heavy atom. The fourth-order valence-electron chi connectivity index (χ4n) is 1.49. The zero-order chi connectivity index (χ0) is 15.4. The summed E-state index contributed by atoms with van der Waals surface area (Å²) in [5.41, 5.74) is 0. The van der Waals surface area contributed by atoms with E-state index in [9.17, 15) is 9.18 Å². The predicted molar refractivity (Wildman–Crippen MR) is 79.4 cm³/mol. The van der Waals surface area contributed by atoms with Gasteiger partial charge in [0.25, 0.3) is 5.91 Å². The summed E-state index contributed by atoms with van der Waals surface area (Å²) in [5, 5.41) is 3.13. The number of carbonyl (C=O) groups excluding carboxylic acids is 1. The second kappa shape index (κ2) is 6.74. The van der Waals surface area contributed by atoms with Crippen LogP contribution in [0.5, 0.6) is 5.75 Å². The van der Waals surface area contributed by atoms with Crippen LogP contribution in [0.15, 0.2) is 36.5 Å². The molecule has 1 aromatic heterocycles. The molecule has 0 bridgehead atoms. The van der Waals surface area contributed by atoms with Gasteiger partial charge in [-0.2, -0.15) is 0 Å². The molecule has 0 aliphatic heterocycles. The number of amides is 1. The topological polar surface area (TPSA) is 51.2 Å². The van der Waals surface area contributed by atoms with Gasteiger partial charge >= 0.3 is 0 Å². The molecule has 1 heterocycles. The molecule has 0 spiro atoms. The third kappa shape index (κ3) is 4.31. The van der Waals surface area contributed by atoms with Crippen LogP contribution in [0.25, 0.3) is 0 Å². The average Bonchev–Trinajstić information content (AvgIpc) is 2.44. The Hall–Kier alpha value is -1.85. The third-order valence-corrected chi connectivity index (χ3v) is 3.06. The number of aromatic nitrogens is 1. The van der Waals surface area contributed by atoms with Crippen LogP contribution in [0.1, 0.15) is 6.92 Å². The third-order valence-electron chi connectivity index (χ3n) is 2.55. The van der Waals surface area contributed by atoms with Gasteiger partial charge in [0.1, 0.15) is 17.4 Å². The number of benzene rings is 1. The SMILES string of the molecule is CC(Oc1ccc(F)cc1Cl)C(=O)Nc1ccc(Cl)cn1. The molecular formula is C14H11Cl2FN2O2. The van der Waals surface area contributed by atoms with Crippen LogP contribution >= 0.6 is 23.2 Å². The Morgan fingerprint density at radius 3 is 2.71 bits per heavy atom. The van der Waals surface area contributed by atoms with Crippen LogP contribution in [0.3, 0.4) is 0 Å². The van der Waals surface area contributed by atoms with E-state index in [0.29, 0.717) is 10.8 Å². The lowest BCUT2D eigenvalue weighted by atomic mass is 10.3. The van der Waals surface area contributed by atoms with E-state index in [1.54, 1.807) is 19.1 Å². The van der Waals surface area contributed by atoms with Crippen molar-refractivity contribution in [1.29, 1.82) is 0 Å². The molecular weight excluding hydrogens is 318 g/mol. The number of hydrogen-bond donors (Lipinski definition) is 1. The second-order valence-corrected chi connectivity index (χ2v) is 5.03. The number of nitrogens with one attached hydrogen (secondary N) is 1. The highest BCUT2D eigenvalue weighted by atomic mass is 35.5. The van der Waals surface area contributed by atoms with Crippen molar-refractivity contribution in [2.75, 3.05) is 5.32 Å². The smallest absolute Gasteiger partial charge is 0.266 e. The van der Waals surface area contributed by atoms with Gasteiger partial charge in [-0.1, -0.05) is 23.2 Å². The lowest BCUT2D eigenvalue weighted by molar-refractivity contribution is -0.122. The Kier molecular flexibility index (Phi) is 4.98. The molecule has 7 heteroatoms. The summed E-state index contributed by atoms with van der Waals surface area (Å²) in [5.74, 6) is -0.310. The zero-order valence-electron chi connectivity index (χ0n) is 10.9. The van der Waals surface area contributed by atoms with E-state index in [1.165, 1.54) is 18.3 Å². The number of hydrogen-bond acceptors (Lipinski definition) is 3. The van der Waals surface area contributed by atoms with E-state index in [2.05, 4.69) is 10.3 Å². The van der Waals surface area contributed by atoms with Crippen LogP contribution in [-0.4, -0.2) is 17.0 Å². The molecule has 0 fully saturated rings. The van der Waals surface area contributed by atoms with Crippen molar-refractivity contribution < 1.29 is 13.9 Å². The lowest BCUT2D eigenvalue weighted by Gasteiger charge is -2.15. The van der Waals surface area contributed by atoms with Crippen molar-refractivity contribution in [2.45, 2.75) is 13.0 Å². The number of pyridine rings is 1. The number of ether oxygens (including phenoxy) is 1. The lowest BCUT2D eigenvalue weighted by Crippen LogP contribution is -2.30. The van der Waals surface area contributed by atoms with E-state index in [0.717, 1.165) is 6.07 Å². The average molecular weight is 329 g/mol. The van der Waals surface area contributed by atoms with Gasteiger partial charge in [-0.25, -0.2) is 9.37 Å². The normalized spacial score (nSPS) is 11.8. The van der Waals surface area contributed by atoms with Crippen molar-refractivity contribution in [3.05, 3.63) is 52.4 Å². The Balaban J connectivity index is 2.00. The molecule has 2 rings (SSSR count).